The van der Waals surface area contributed by atoms with E-state index in [0.717, 1.165) is 18.4 Å². The van der Waals surface area contributed by atoms with Crippen LogP contribution < -0.4 is 25.4 Å². The number of para-hydroxylation sites is 2. The second kappa shape index (κ2) is 9.07. The highest BCUT2D eigenvalue weighted by Crippen LogP contribution is 2.32. The van der Waals surface area contributed by atoms with Gasteiger partial charge in [-0.1, -0.05) is 55.3 Å². The van der Waals surface area contributed by atoms with Crippen LogP contribution in [0.1, 0.15) is 31.2 Å². The molecule has 3 amide bonds. The summed E-state index contributed by atoms with van der Waals surface area (Å²) in [4.78, 5) is 25.5. The van der Waals surface area contributed by atoms with Gasteiger partial charge in [0, 0.05) is 6.54 Å². The van der Waals surface area contributed by atoms with E-state index < -0.39 is 5.54 Å². The molecule has 0 bridgehead atoms. The number of hydrogen-bond donors (Lipinski definition) is 3. The molecule has 1 heterocycles. The molecule has 30 heavy (non-hydrogen) atoms. The topological polar surface area (TPSA) is 88.7 Å². The molecule has 0 saturated heterocycles. The number of benzene rings is 2. The van der Waals surface area contributed by atoms with Crippen molar-refractivity contribution < 1.29 is 19.1 Å². The predicted octanol–water partition coefficient (Wildman–Crippen LogP) is 2.75. The molecule has 2 aromatic rings. The number of carbonyl (C=O) groups excluding carboxylic acids is 2. The second-order valence-corrected chi connectivity index (χ2v) is 7.79. The summed E-state index contributed by atoms with van der Waals surface area (Å²) in [5.41, 5.74) is 0.126. The van der Waals surface area contributed by atoms with E-state index >= 15 is 0 Å². The Morgan fingerprint density at radius 3 is 2.40 bits per heavy atom. The maximum Gasteiger partial charge on any atom is 0.315 e. The van der Waals surface area contributed by atoms with Gasteiger partial charge in [-0.15, -0.1) is 0 Å². The maximum atomic E-state index is 13.0. The Balaban J connectivity index is 1.30. The minimum Gasteiger partial charge on any atom is -0.486 e. The zero-order valence-electron chi connectivity index (χ0n) is 16.9. The van der Waals surface area contributed by atoms with E-state index in [-0.39, 0.29) is 18.0 Å². The lowest BCUT2D eigenvalue weighted by atomic mass is 9.96. The Kier molecular flexibility index (Phi) is 6.07. The van der Waals surface area contributed by atoms with Gasteiger partial charge in [-0.3, -0.25) is 4.79 Å². The Hall–Kier alpha value is -3.22. The van der Waals surface area contributed by atoms with Crippen LogP contribution in [-0.2, 0) is 11.3 Å². The van der Waals surface area contributed by atoms with E-state index in [1.165, 1.54) is 0 Å². The number of hydrogen-bond acceptors (Lipinski definition) is 4. The first-order valence-electron chi connectivity index (χ1n) is 10.4. The fourth-order valence-corrected chi connectivity index (χ4v) is 3.97. The summed E-state index contributed by atoms with van der Waals surface area (Å²) in [7, 11) is 0. The van der Waals surface area contributed by atoms with Crippen molar-refractivity contribution in [3.05, 3.63) is 60.2 Å². The highest BCUT2D eigenvalue weighted by molar-refractivity contribution is 5.91. The Bertz CT molecular complexity index is 881. The quantitative estimate of drug-likeness (QED) is 0.685. The number of fused-ring (bicyclic) bond motifs is 1. The van der Waals surface area contributed by atoms with Crippen LogP contribution in [0, 0.1) is 0 Å². The van der Waals surface area contributed by atoms with Gasteiger partial charge in [-0.2, -0.15) is 0 Å². The lowest BCUT2D eigenvalue weighted by Crippen LogP contribution is -2.60. The Labute approximate surface area is 176 Å². The number of rotatable bonds is 6. The second-order valence-electron chi connectivity index (χ2n) is 7.79. The van der Waals surface area contributed by atoms with Gasteiger partial charge in [0.25, 0.3) is 0 Å². The van der Waals surface area contributed by atoms with Crippen LogP contribution in [0.4, 0.5) is 4.79 Å². The summed E-state index contributed by atoms with van der Waals surface area (Å²) >= 11 is 0. The molecule has 0 aromatic heterocycles. The van der Waals surface area contributed by atoms with Crippen LogP contribution in [0.25, 0.3) is 0 Å². The smallest absolute Gasteiger partial charge is 0.315 e. The van der Waals surface area contributed by atoms with Crippen molar-refractivity contribution in [3.63, 3.8) is 0 Å². The van der Waals surface area contributed by atoms with Gasteiger partial charge in [-0.05, 0) is 30.5 Å². The van der Waals surface area contributed by atoms with Crippen LogP contribution in [-0.4, -0.2) is 36.7 Å². The predicted molar refractivity (Wildman–Crippen MR) is 112 cm³/mol. The van der Waals surface area contributed by atoms with Crippen LogP contribution in [0.3, 0.4) is 0 Å². The first-order chi connectivity index (χ1) is 14.6. The molecular formula is C23H27N3O4. The Morgan fingerprint density at radius 2 is 1.63 bits per heavy atom. The van der Waals surface area contributed by atoms with E-state index in [9.17, 15) is 9.59 Å². The van der Waals surface area contributed by atoms with Crippen molar-refractivity contribution in [1.82, 2.24) is 16.0 Å². The average molecular weight is 409 g/mol. The molecule has 0 radical (unpaired) electrons. The van der Waals surface area contributed by atoms with Gasteiger partial charge in [0.15, 0.2) is 11.5 Å². The molecule has 0 spiro atoms. The third-order valence-electron chi connectivity index (χ3n) is 5.60. The average Bonchev–Trinajstić information content (AvgIpc) is 3.26. The SMILES string of the molecule is O=C(NCc1ccccc1)NC1(C(=O)NC[C@@H]2COc3ccccc3O2)CCCC1. The highest BCUT2D eigenvalue weighted by atomic mass is 16.6. The summed E-state index contributed by atoms with van der Waals surface area (Å²) in [6.07, 6.45) is 2.80. The van der Waals surface area contributed by atoms with Crippen molar-refractivity contribution in [3.8, 4) is 11.5 Å². The van der Waals surface area contributed by atoms with Crippen molar-refractivity contribution in [1.29, 1.82) is 0 Å². The number of nitrogens with one attached hydrogen (secondary N) is 3. The first kappa shape index (κ1) is 20.1. The summed E-state index contributed by atoms with van der Waals surface area (Å²) in [5, 5.41) is 8.74. The summed E-state index contributed by atoms with van der Waals surface area (Å²) in [5.74, 6) is 1.22. The normalized spacial score (nSPS) is 19.0. The molecular weight excluding hydrogens is 382 g/mol. The van der Waals surface area contributed by atoms with Gasteiger partial charge >= 0.3 is 6.03 Å². The third-order valence-corrected chi connectivity index (χ3v) is 5.60. The lowest BCUT2D eigenvalue weighted by molar-refractivity contribution is -0.127. The molecule has 1 fully saturated rings. The van der Waals surface area contributed by atoms with Crippen LogP contribution in [0.5, 0.6) is 11.5 Å². The Morgan fingerprint density at radius 1 is 0.933 bits per heavy atom. The first-order valence-corrected chi connectivity index (χ1v) is 10.4. The van der Waals surface area contributed by atoms with E-state index in [4.69, 9.17) is 9.47 Å². The van der Waals surface area contributed by atoms with Gasteiger partial charge < -0.3 is 25.4 Å². The van der Waals surface area contributed by atoms with Gasteiger partial charge in [0.05, 0.1) is 6.54 Å². The number of amides is 3. The van der Waals surface area contributed by atoms with Gasteiger partial charge in [0.2, 0.25) is 5.91 Å². The third kappa shape index (κ3) is 4.67. The van der Waals surface area contributed by atoms with Crippen molar-refractivity contribution in [2.45, 2.75) is 43.9 Å². The zero-order chi connectivity index (χ0) is 20.8. The minimum atomic E-state index is -0.881. The fourth-order valence-electron chi connectivity index (χ4n) is 3.97. The van der Waals surface area contributed by atoms with Crippen LogP contribution in [0.2, 0.25) is 0 Å². The summed E-state index contributed by atoms with van der Waals surface area (Å²) in [6.45, 7) is 1.11. The van der Waals surface area contributed by atoms with Gasteiger partial charge in [-0.25, -0.2) is 4.79 Å². The van der Waals surface area contributed by atoms with Crippen molar-refractivity contribution in [2.24, 2.45) is 0 Å². The minimum absolute atomic E-state index is 0.169. The molecule has 1 aliphatic carbocycles. The molecule has 1 saturated carbocycles. The molecule has 1 aliphatic heterocycles. The fraction of sp³-hybridized carbons (Fsp3) is 0.391. The van der Waals surface area contributed by atoms with E-state index in [1.54, 1.807) is 0 Å². The summed E-state index contributed by atoms with van der Waals surface area (Å²) in [6, 6.07) is 16.8. The maximum absolute atomic E-state index is 13.0. The van der Waals surface area contributed by atoms with Crippen LogP contribution >= 0.6 is 0 Å². The largest absolute Gasteiger partial charge is 0.486 e. The van der Waals surface area contributed by atoms with E-state index in [1.807, 2.05) is 54.6 Å². The monoisotopic (exact) mass is 409 g/mol. The highest BCUT2D eigenvalue weighted by Gasteiger charge is 2.42. The van der Waals surface area contributed by atoms with Gasteiger partial charge in [0.1, 0.15) is 18.2 Å². The molecule has 7 nitrogen and oxygen atoms in total. The number of ether oxygens (including phenoxy) is 2. The van der Waals surface area contributed by atoms with E-state index in [2.05, 4.69) is 16.0 Å². The van der Waals surface area contributed by atoms with E-state index in [0.29, 0.717) is 44.0 Å². The zero-order valence-corrected chi connectivity index (χ0v) is 16.9. The molecule has 4 rings (SSSR count). The molecule has 7 heteroatoms. The van der Waals surface area contributed by atoms with Crippen molar-refractivity contribution >= 4 is 11.9 Å². The summed E-state index contributed by atoms with van der Waals surface area (Å²) < 4.78 is 11.6. The molecule has 158 valence electrons. The molecule has 3 N–H and O–H groups in total. The molecule has 2 aliphatic rings. The number of urea groups is 1. The standard InChI is InChI=1S/C23H27N3O4/c27-21(24-15-18-16-29-19-10-4-5-11-20(19)30-18)23(12-6-7-13-23)26-22(28)25-14-17-8-2-1-3-9-17/h1-5,8-11,18H,6-7,12-16H2,(H,24,27)(H2,25,26,28)/t18-/m1/s1. The number of carbonyl (C=O) groups is 2. The molecule has 2 aromatic carbocycles. The lowest BCUT2D eigenvalue weighted by Gasteiger charge is -2.31. The van der Waals surface area contributed by atoms with Crippen molar-refractivity contribution in [2.75, 3.05) is 13.2 Å². The molecule has 1 atom stereocenters. The molecule has 0 unspecified atom stereocenters. The van der Waals surface area contributed by atoms with Crippen LogP contribution in [0.15, 0.2) is 54.6 Å².